The van der Waals surface area contributed by atoms with Gasteiger partial charge in [-0.1, -0.05) is 11.6 Å². The first-order valence-corrected chi connectivity index (χ1v) is 9.52. The van der Waals surface area contributed by atoms with E-state index in [1.807, 2.05) is 0 Å². The fourth-order valence-corrected chi connectivity index (χ4v) is 2.88. The van der Waals surface area contributed by atoms with Crippen LogP contribution in [0.15, 0.2) is 41.3 Å². The Bertz CT molecular complexity index is 1220. The van der Waals surface area contributed by atoms with E-state index < -0.39 is 51.5 Å². The molecule has 0 aliphatic rings. The van der Waals surface area contributed by atoms with Gasteiger partial charge in [-0.25, -0.2) is 4.98 Å². The molecular weight excluding hydrogens is 480 g/mol. The van der Waals surface area contributed by atoms with Crippen molar-refractivity contribution < 1.29 is 35.8 Å². The first kappa shape index (κ1) is 24.4. The van der Waals surface area contributed by atoms with E-state index in [0.717, 1.165) is 12.1 Å². The Morgan fingerprint density at radius 2 is 1.70 bits per heavy atom. The lowest BCUT2D eigenvalue weighted by Crippen LogP contribution is -2.21. The van der Waals surface area contributed by atoms with Gasteiger partial charge in [0.15, 0.2) is 11.5 Å². The highest BCUT2D eigenvalue weighted by Crippen LogP contribution is 2.39. The van der Waals surface area contributed by atoms with Crippen LogP contribution in [0.1, 0.15) is 25.1 Å². The molecule has 0 fully saturated rings. The third kappa shape index (κ3) is 5.75. The minimum atomic E-state index is -5.18. The summed E-state index contributed by atoms with van der Waals surface area (Å²) in [5, 5.41) is -0.692. The topological polar surface area (TPSA) is 77.1 Å². The van der Waals surface area contributed by atoms with Gasteiger partial charge in [0.1, 0.15) is 17.2 Å². The smallest absolute Gasteiger partial charge is 0.437 e. The van der Waals surface area contributed by atoms with Crippen LogP contribution in [-0.2, 0) is 12.4 Å². The molecule has 3 aromatic rings. The number of hydrogen-bond acceptors (Lipinski definition) is 5. The maximum atomic E-state index is 13.7. The number of rotatable bonds is 5. The van der Waals surface area contributed by atoms with E-state index >= 15 is 0 Å². The number of halogens is 7. The van der Waals surface area contributed by atoms with Crippen molar-refractivity contribution >= 4 is 11.6 Å². The van der Waals surface area contributed by atoms with Crippen LogP contribution in [0.2, 0.25) is 5.02 Å². The van der Waals surface area contributed by atoms with Crippen LogP contribution in [0, 0.1) is 0 Å². The Morgan fingerprint density at radius 1 is 1.00 bits per heavy atom. The number of nitrogens with zero attached hydrogens (tertiary/aromatic N) is 2. The second-order valence-corrected chi connectivity index (χ2v) is 7.28. The zero-order valence-electron chi connectivity index (χ0n) is 16.8. The fourth-order valence-electron chi connectivity index (χ4n) is 2.66. The van der Waals surface area contributed by atoms with Crippen molar-refractivity contribution in [2.24, 2.45) is 0 Å². The molecule has 2 aromatic heterocycles. The van der Waals surface area contributed by atoms with Gasteiger partial charge >= 0.3 is 12.4 Å². The molecule has 33 heavy (non-hydrogen) atoms. The van der Waals surface area contributed by atoms with Gasteiger partial charge < -0.3 is 14.5 Å². The van der Waals surface area contributed by atoms with Crippen LogP contribution in [0.5, 0.6) is 17.2 Å². The van der Waals surface area contributed by atoms with E-state index in [-0.39, 0.29) is 17.5 Å². The summed E-state index contributed by atoms with van der Waals surface area (Å²) in [5.41, 5.74) is -4.61. The number of benzene rings is 1. The molecule has 3 rings (SSSR count). The van der Waals surface area contributed by atoms with Crippen LogP contribution in [-0.4, -0.2) is 21.1 Å². The molecule has 0 bridgehead atoms. The van der Waals surface area contributed by atoms with E-state index in [2.05, 4.69) is 15.0 Å². The Morgan fingerprint density at radius 3 is 2.30 bits per heavy atom. The zero-order chi connectivity index (χ0) is 24.6. The van der Waals surface area contributed by atoms with E-state index in [4.69, 9.17) is 21.1 Å². The molecule has 176 valence electrons. The number of alkyl halides is 6. The molecule has 1 aromatic carbocycles. The molecule has 0 amide bonds. The van der Waals surface area contributed by atoms with Gasteiger partial charge in [-0.15, -0.1) is 0 Å². The number of ether oxygens (including phenoxy) is 2. The van der Waals surface area contributed by atoms with Gasteiger partial charge in [0.05, 0.1) is 16.7 Å². The first-order valence-electron chi connectivity index (χ1n) is 9.15. The number of H-pyrrole nitrogens is 1. The second kappa shape index (κ2) is 8.93. The molecule has 13 heteroatoms. The lowest BCUT2D eigenvalue weighted by atomic mass is 10.2. The van der Waals surface area contributed by atoms with Crippen LogP contribution >= 0.6 is 11.6 Å². The molecule has 0 aliphatic heterocycles. The molecule has 6 nitrogen and oxygen atoms in total. The quantitative estimate of drug-likeness (QED) is 0.434. The standard InChI is InChI=1S/C20H14ClF6N3O3/c1-9(2)32-11-5-6-28-14(8-11)17-29-16(20(25,26)27)15(18(31)30-17)33-10-3-4-13(21)12(7-10)19(22,23)24/h3-9H,1-2H3,(H,29,30,31). The number of hydrogen-bond donors (Lipinski definition) is 1. The zero-order valence-corrected chi connectivity index (χ0v) is 17.6. The SMILES string of the molecule is CC(C)Oc1ccnc(-c2nc(C(F)(F)F)c(Oc3ccc(Cl)c(C(F)(F)F)c3)c(=O)[nH]2)c1. The van der Waals surface area contributed by atoms with Crippen LogP contribution in [0.3, 0.4) is 0 Å². The normalized spacial score (nSPS) is 12.2. The number of aromatic nitrogens is 3. The minimum absolute atomic E-state index is 0.131. The van der Waals surface area contributed by atoms with E-state index in [0.29, 0.717) is 6.07 Å². The summed E-state index contributed by atoms with van der Waals surface area (Å²) in [7, 11) is 0. The van der Waals surface area contributed by atoms with Crippen molar-refractivity contribution in [3.63, 3.8) is 0 Å². The first-order chi connectivity index (χ1) is 15.3. The molecule has 0 radical (unpaired) electrons. The van der Waals surface area contributed by atoms with E-state index in [1.54, 1.807) is 13.8 Å². The summed E-state index contributed by atoms with van der Waals surface area (Å²) in [6, 6.07) is 4.78. The van der Waals surface area contributed by atoms with Crippen LogP contribution < -0.4 is 15.0 Å². The highest BCUT2D eigenvalue weighted by molar-refractivity contribution is 6.31. The summed E-state index contributed by atoms with van der Waals surface area (Å²) in [6.07, 6.45) is -9.07. The molecular formula is C20H14ClF6N3O3. The number of aromatic amines is 1. The van der Waals surface area contributed by atoms with Crippen LogP contribution in [0.4, 0.5) is 26.3 Å². The summed E-state index contributed by atoms with van der Waals surface area (Å²) in [6.45, 7) is 3.46. The monoisotopic (exact) mass is 493 g/mol. The number of nitrogens with one attached hydrogen (secondary N) is 1. The Hall–Kier alpha value is -3.28. The lowest BCUT2D eigenvalue weighted by molar-refractivity contribution is -0.142. The largest absolute Gasteiger partial charge is 0.491 e. The van der Waals surface area contributed by atoms with Gasteiger partial charge in [-0.05, 0) is 38.1 Å². The fraction of sp³-hybridized carbons (Fsp3) is 0.250. The predicted molar refractivity (Wildman–Crippen MR) is 105 cm³/mol. The molecule has 0 atom stereocenters. The van der Waals surface area contributed by atoms with Crippen molar-refractivity contribution in [1.82, 2.24) is 15.0 Å². The Balaban J connectivity index is 2.09. The van der Waals surface area contributed by atoms with Crippen molar-refractivity contribution in [3.8, 4) is 28.8 Å². The van der Waals surface area contributed by atoms with E-state index in [9.17, 15) is 31.1 Å². The highest BCUT2D eigenvalue weighted by Gasteiger charge is 2.40. The summed E-state index contributed by atoms with van der Waals surface area (Å²) >= 11 is 5.50. The summed E-state index contributed by atoms with van der Waals surface area (Å²) in [4.78, 5) is 21.9. The maximum Gasteiger partial charge on any atom is 0.437 e. The van der Waals surface area contributed by atoms with Crippen molar-refractivity contribution in [3.05, 3.63) is 63.2 Å². The van der Waals surface area contributed by atoms with Crippen LogP contribution in [0.25, 0.3) is 11.5 Å². The average Bonchev–Trinajstić information content (AvgIpc) is 2.68. The molecule has 0 saturated carbocycles. The molecule has 0 unspecified atom stereocenters. The van der Waals surface area contributed by atoms with Gasteiger partial charge in [0.2, 0.25) is 5.75 Å². The number of pyridine rings is 1. The second-order valence-electron chi connectivity index (χ2n) is 6.87. The van der Waals surface area contributed by atoms with E-state index in [1.165, 1.54) is 18.3 Å². The van der Waals surface area contributed by atoms with Gasteiger partial charge in [-0.2, -0.15) is 26.3 Å². The molecule has 0 saturated heterocycles. The van der Waals surface area contributed by atoms with Gasteiger partial charge in [-0.3, -0.25) is 9.78 Å². The van der Waals surface area contributed by atoms with Gasteiger partial charge in [0.25, 0.3) is 5.56 Å². The summed E-state index contributed by atoms with van der Waals surface area (Å²) < 4.78 is 90.5. The molecule has 0 aliphatic carbocycles. The Kier molecular flexibility index (Phi) is 6.59. The predicted octanol–water partition coefficient (Wildman–Crippen LogP) is 6.10. The van der Waals surface area contributed by atoms with Crippen molar-refractivity contribution in [1.29, 1.82) is 0 Å². The molecule has 0 spiro atoms. The Labute approximate surface area is 187 Å². The highest BCUT2D eigenvalue weighted by atomic mass is 35.5. The summed E-state index contributed by atoms with van der Waals surface area (Å²) in [5.74, 6) is -2.30. The average molecular weight is 494 g/mol. The third-order valence-electron chi connectivity index (χ3n) is 3.95. The lowest BCUT2D eigenvalue weighted by Gasteiger charge is -2.15. The van der Waals surface area contributed by atoms with Crippen molar-refractivity contribution in [2.45, 2.75) is 32.3 Å². The molecule has 1 N–H and O–H groups in total. The third-order valence-corrected chi connectivity index (χ3v) is 4.28. The minimum Gasteiger partial charge on any atom is -0.491 e. The molecule has 2 heterocycles. The van der Waals surface area contributed by atoms with Crippen molar-refractivity contribution in [2.75, 3.05) is 0 Å². The maximum absolute atomic E-state index is 13.7. The van der Waals surface area contributed by atoms with Gasteiger partial charge in [0, 0.05) is 12.3 Å².